The molecule has 0 aliphatic rings. The minimum Gasteiger partial charge on any atom is -0.240 e. The lowest BCUT2D eigenvalue weighted by Gasteiger charge is -2.19. The van der Waals surface area contributed by atoms with E-state index >= 15 is 0 Å². The maximum absolute atomic E-state index is 5.87. The summed E-state index contributed by atoms with van der Waals surface area (Å²) >= 11 is 5.87. The van der Waals surface area contributed by atoms with Gasteiger partial charge in [-0.2, -0.15) is 0 Å². The summed E-state index contributed by atoms with van der Waals surface area (Å²) in [6.07, 6.45) is 2.03. The normalized spacial score (nSPS) is 11.6. The average Bonchev–Trinajstić information content (AvgIpc) is 2.28. The summed E-state index contributed by atoms with van der Waals surface area (Å²) < 4.78 is 0. The Kier molecular flexibility index (Phi) is 3.72. The molecule has 0 atom stereocenters. The lowest BCUT2D eigenvalue weighted by atomic mass is 9.86. The zero-order chi connectivity index (χ0) is 13.2. The van der Waals surface area contributed by atoms with Gasteiger partial charge in [-0.05, 0) is 28.7 Å². The second-order valence-corrected chi connectivity index (χ2v) is 5.79. The monoisotopic (exact) mass is 258 g/mol. The van der Waals surface area contributed by atoms with Crippen LogP contribution in [-0.2, 0) is 5.41 Å². The van der Waals surface area contributed by atoms with Crippen molar-refractivity contribution in [2.24, 2.45) is 0 Å². The summed E-state index contributed by atoms with van der Waals surface area (Å²) in [4.78, 5) is 4.25. The molecular formula is C16H17ClN. The number of benzene rings is 1. The van der Waals surface area contributed by atoms with Gasteiger partial charge in [-0.25, -0.2) is 4.98 Å². The van der Waals surface area contributed by atoms with Crippen molar-refractivity contribution in [3.8, 4) is 0 Å². The second kappa shape index (κ2) is 5.11. The van der Waals surface area contributed by atoms with Gasteiger partial charge < -0.3 is 0 Å². The van der Waals surface area contributed by atoms with Gasteiger partial charge in [0.2, 0.25) is 0 Å². The standard InChI is InChI=1S/C16H17ClN/c1-16(2,3)13-9-7-12(8-10-13)11-14-5-4-6-15(17)18-14/h4-11H,1-3H3. The van der Waals surface area contributed by atoms with Crippen molar-refractivity contribution in [3.05, 3.63) is 70.9 Å². The molecule has 0 spiro atoms. The number of rotatable bonds is 2. The molecule has 1 aromatic heterocycles. The highest BCUT2D eigenvalue weighted by atomic mass is 35.5. The quantitative estimate of drug-likeness (QED) is 0.716. The van der Waals surface area contributed by atoms with E-state index in [0.717, 1.165) is 11.3 Å². The summed E-state index contributed by atoms with van der Waals surface area (Å²) in [5.41, 5.74) is 3.54. The third-order valence-electron chi connectivity index (χ3n) is 2.83. The zero-order valence-electron chi connectivity index (χ0n) is 10.9. The number of hydrogen-bond acceptors (Lipinski definition) is 1. The van der Waals surface area contributed by atoms with Gasteiger partial charge in [0.05, 0.1) is 5.69 Å². The van der Waals surface area contributed by atoms with Gasteiger partial charge >= 0.3 is 0 Å². The van der Waals surface area contributed by atoms with Gasteiger partial charge in [-0.1, -0.05) is 62.7 Å². The van der Waals surface area contributed by atoms with Crippen LogP contribution in [0.1, 0.15) is 37.6 Å². The van der Waals surface area contributed by atoms with Gasteiger partial charge in [0.15, 0.2) is 0 Å². The second-order valence-electron chi connectivity index (χ2n) is 5.40. The lowest BCUT2D eigenvalue weighted by molar-refractivity contribution is 0.590. The minimum absolute atomic E-state index is 0.187. The Hall–Kier alpha value is -1.34. The fourth-order valence-corrected chi connectivity index (χ4v) is 1.92. The molecule has 0 fully saturated rings. The first kappa shape index (κ1) is 13.1. The highest BCUT2D eigenvalue weighted by Gasteiger charge is 2.12. The molecule has 0 bridgehead atoms. The number of hydrogen-bond donors (Lipinski definition) is 0. The Labute approximate surface area is 114 Å². The van der Waals surface area contributed by atoms with Crippen LogP contribution in [0.5, 0.6) is 0 Å². The van der Waals surface area contributed by atoms with E-state index in [1.165, 1.54) is 5.56 Å². The van der Waals surface area contributed by atoms with Crippen LogP contribution < -0.4 is 0 Å². The molecule has 1 radical (unpaired) electrons. The molecule has 1 aromatic carbocycles. The van der Waals surface area contributed by atoms with E-state index in [1.807, 2.05) is 18.6 Å². The summed E-state index contributed by atoms with van der Waals surface area (Å²) in [6.45, 7) is 6.64. The predicted octanol–water partition coefficient (Wildman–Crippen LogP) is 4.63. The molecule has 0 aliphatic heterocycles. The maximum Gasteiger partial charge on any atom is 0.129 e. The highest BCUT2D eigenvalue weighted by molar-refractivity contribution is 6.29. The van der Waals surface area contributed by atoms with Gasteiger partial charge in [0.25, 0.3) is 0 Å². The largest absolute Gasteiger partial charge is 0.240 e. The highest BCUT2D eigenvalue weighted by Crippen LogP contribution is 2.23. The molecule has 2 heteroatoms. The average molecular weight is 259 g/mol. The first-order valence-corrected chi connectivity index (χ1v) is 6.41. The van der Waals surface area contributed by atoms with Gasteiger partial charge in [0.1, 0.15) is 5.15 Å². The molecule has 93 valence electrons. The predicted molar refractivity (Wildman–Crippen MR) is 76.9 cm³/mol. The maximum atomic E-state index is 5.87. The van der Waals surface area contributed by atoms with Crippen molar-refractivity contribution in [1.82, 2.24) is 4.98 Å². The van der Waals surface area contributed by atoms with Crippen molar-refractivity contribution in [1.29, 1.82) is 0 Å². The first-order chi connectivity index (χ1) is 8.45. The van der Waals surface area contributed by atoms with Crippen LogP contribution in [0.15, 0.2) is 42.5 Å². The molecular weight excluding hydrogens is 242 g/mol. The van der Waals surface area contributed by atoms with Crippen molar-refractivity contribution in [2.75, 3.05) is 0 Å². The number of aromatic nitrogens is 1. The number of nitrogens with zero attached hydrogens (tertiary/aromatic N) is 1. The van der Waals surface area contributed by atoms with Crippen LogP contribution in [0.2, 0.25) is 5.15 Å². The third-order valence-corrected chi connectivity index (χ3v) is 3.04. The molecule has 2 rings (SSSR count). The Morgan fingerprint density at radius 2 is 1.67 bits per heavy atom. The lowest BCUT2D eigenvalue weighted by Crippen LogP contribution is -2.10. The fourth-order valence-electron chi connectivity index (χ4n) is 1.75. The van der Waals surface area contributed by atoms with Crippen molar-refractivity contribution < 1.29 is 0 Å². The smallest absolute Gasteiger partial charge is 0.129 e. The van der Waals surface area contributed by atoms with E-state index < -0.39 is 0 Å². The Morgan fingerprint density at radius 3 is 2.22 bits per heavy atom. The Morgan fingerprint density at radius 1 is 1.00 bits per heavy atom. The first-order valence-electron chi connectivity index (χ1n) is 6.03. The molecule has 1 nitrogen and oxygen atoms in total. The molecule has 0 unspecified atom stereocenters. The SMILES string of the molecule is CC(C)(C)c1ccc([CH]c2cccc(Cl)n2)cc1. The molecule has 0 N–H and O–H groups in total. The van der Waals surface area contributed by atoms with Crippen molar-refractivity contribution in [3.63, 3.8) is 0 Å². The fraction of sp³-hybridized carbons (Fsp3) is 0.250. The molecule has 18 heavy (non-hydrogen) atoms. The van der Waals surface area contributed by atoms with Crippen molar-refractivity contribution in [2.45, 2.75) is 26.2 Å². The third kappa shape index (κ3) is 3.33. The van der Waals surface area contributed by atoms with Gasteiger partial charge in [-0.15, -0.1) is 0 Å². The van der Waals surface area contributed by atoms with Crippen LogP contribution in [0, 0.1) is 6.42 Å². The van der Waals surface area contributed by atoms with Crippen LogP contribution in [0.4, 0.5) is 0 Å². The van der Waals surface area contributed by atoms with E-state index in [-0.39, 0.29) is 5.41 Å². The number of pyridine rings is 1. The number of halogens is 1. The molecule has 0 amide bonds. The summed E-state index contributed by atoms with van der Waals surface area (Å²) in [5.74, 6) is 0. The van der Waals surface area contributed by atoms with Crippen LogP contribution in [-0.4, -0.2) is 4.98 Å². The van der Waals surface area contributed by atoms with E-state index in [1.54, 1.807) is 6.07 Å². The van der Waals surface area contributed by atoms with Crippen LogP contribution in [0.25, 0.3) is 0 Å². The zero-order valence-corrected chi connectivity index (χ0v) is 11.7. The summed E-state index contributed by atoms with van der Waals surface area (Å²) in [5, 5.41) is 0.523. The molecule has 0 aliphatic carbocycles. The summed E-state index contributed by atoms with van der Waals surface area (Å²) in [6, 6.07) is 14.2. The van der Waals surface area contributed by atoms with Gasteiger partial charge in [0, 0.05) is 6.42 Å². The molecule has 2 aromatic rings. The van der Waals surface area contributed by atoms with Crippen molar-refractivity contribution >= 4 is 11.6 Å². The minimum atomic E-state index is 0.187. The van der Waals surface area contributed by atoms with E-state index in [0.29, 0.717) is 5.15 Å². The summed E-state index contributed by atoms with van der Waals surface area (Å²) in [7, 11) is 0. The Bertz CT molecular complexity index is 524. The molecule has 0 saturated carbocycles. The van der Waals surface area contributed by atoms with Crippen LogP contribution >= 0.6 is 11.6 Å². The topological polar surface area (TPSA) is 12.9 Å². The van der Waals surface area contributed by atoms with Crippen LogP contribution in [0.3, 0.4) is 0 Å². The van der Waals surface area contributed by atoms with E-state index in [4.69, 9.17) is 11.6 Å². The molecule has 0 saturated heterocycles. The molecule has 1 heterocycles. The van der Waals surface area contributed by atoms with Gasteiger partial charge in [-0.3, -0.25) is 0 Å². The van der Waals surface area contributed by atoms with E-state index in [9.17, 15) is 0 Å². The Balaban J connectivity index is 2.16. The van der Waals surface area contributed by atoms with E-state index in [2.05, 4.69) is 50.0 Å².